The zero-order chi connectivity index (χ0) is 17.5. The minimum absolute atomic E-state index is 0.0692. The van der Waals surface area contributed by atoms with Crippen LogP contribution in [0.15, 0.2) is 47.6 Å². The van der Waals surface area contributed by atoms with E-state index in [-0.39, 0.29) is 23.6 Å². The highest BCUT2D eigenvalue weighted by atomic mass is 16.6. The van der Waals surface area contributed by atoms with Crippen LogP contribution in [0, 0.1) is 17.0 Å². The quantitative estimate of drug-likeness (QED) is 0.479. The lowest BCUT2D eigenvalue weighted by Gasteiger charge is -2.05. The van der Waals surface area contributed by atoms with Gasteiger partial charge in [-0.05, 0) is 31.2 Å². The summed E-state index contributed by atoms with van der Waals surface area (Å²) in [5.74, 6) is -0.117. The molecule has 0 fully saturated rings. The molecule has 2 N–H and O–H groups in total. The summed E-state index contributed by atoms with van der Waals surface area (Å²) in [5.41, 5.74) is 3.11. The molecule has 0 aliphatic rings. The SMILES string of the molecule is Cc1ccc(OCC(=O)NN=Cc2cc(O)ccc2[N+](=O)[O-])cc1. The second-order valence-electron chi connectivity index (χ2n) is 4.90. The fraction of sp³-hybridized carbons (Fsp3) is 0.125. The van der Waals surface area contributed by atoms with Crippen molar-refractivity contribution in [2.75, 3.05) is 6.61 Å². The van der Waals surface area contributed by atoms with Gasteiger partial charge in [-0.25, -0.2) is 5.43 Å². The Morgan fingerprint density at radius 3 is 2.71 bits per heavy atom. The molecular formula is C16H15N3O5. The second kappa shape index (κ2) is 7.73. The number of carbonyl (C=O) groups is 1. The Kier molecular flexibility index (Phi) is 5.45. The first-order chi connectivity index (χ1) is 11.5. The first-order valence-corrected chi connectivity index (χ1v) is 6.94. The molecule has 0 aromatic heterocycles. The number of ether oxygens (including phenoxy) is 1. The number of benzene rings is 2. The Hall–Kier alpha value is -3.42. The van der Waals surface area contributed by atoms with E-state index in [4.69, 9.17) is 4.74 Å². The summed E-state index contributed by atoms with van der Waals surface area (Å²) in [6, 6.07) is 10.7. The van der Waals surface area contributed by atoms with Gasteiger partial charge in [-0.3, -0.25) is 14.9 Å². The Bertz CT molecular complexity index is 772. The summed E-state index contributed by atoms with van der Waals surface area (Å²) in [4.78, 5) is 21.9. The van der Waals surface area contributed by atoms with Crippen molar-refractivity contribution < 1.29 is 19.6 Å². The molecule has 8 heteroatoms. The van der Waals surface area contributed by atoms with Gasteiger partial charge in [0.25, 0.3) is 11.6 Å². The highest BCUT2D eigenvalue weighted by molar-refractivity contribution is 5.87. The zero-order valence-corrected chi connectivity index (χ0v) is 12.8. The predicted octanol–water partition coefficient (Wildman–Crippen LogP) is 2.14. The zero-order valence-electron chi connectivity index (χ0n) is 12.8. The molecule has 8 nitrogen and oxygen atoms in total. The molecule has 1 amide bonds. The number of amides is 1. The van der Waals surface area contributed by atoms with E-state index in [0.29, 0.717) is 5.75 Å². The number of phenolic OH excluding ortho intramolecular Hbond substituents is 1. The lowest BCUT2D eigenvalue weighted by Crippen LogP contribution is -2.24. The van der Waals surface area contributed by atoms with Crippen molar-refractivity contribution >= 4 is 17.8 Å². The Morgan fingerprint density at radius 1 is 1.33 bits per heavy atom. The molecule has 0 aliphatic heterocycles. The fourth-order valence-electron chi connectivity index (χ4n) is 1.80. The largest absolute Gasteiger partial charge is 0.508 e. The molecule has 0 radical (unpaired) electrons. The van der Waals surface area contributed by atoms with Gasteiger partial charge in [0.05, 0.1) is 16.7 Å². The number of nitro benzene ring substituents is 1. The van der Waals surface area contributed by atoms with Gasteiger partial charge in [-0.1, -0.05) is 17.7 Å². The molecule has 2 aromatic carbocycles. The predicted molar refractivity (Wildman–Crippen MR) is 87.2 cm³/mol. The second-order valence-corrected chi connectivity index (χ2v) is 4.90. The molecule has 0 heterocycles. The van der Waals surface area contributed by atoms with Crippen LogP contribution < -0.4 is 10.2 Å². The maximum atomic E-state index is 11.6. The normalized spacial score (nSPS) is 10.5. The monoisotopic (exact) mass is 329 g/mol. The van der Waals surface area contributed by atoms with Crippen molar-refractivity contribution in [2.24, 2.45) is 5.10 Å². The average Bonchev–Trinajstić information content (AvgIpc) is 2.54. The third-order valence-electron chi connectivity index (χ3n) is 2.99. The minimum atomic E-state index is -0.608. The third-order valence-corrected chi connectivity index (χ3v) is 2.99. The van der Waals surface area contributed by atoms with Crippen molar-refractivity contribution in [1.29, 1.82) is 0 Å². The lowest BCUT2D eigenvalue weighted by atomic mass is 10.2. The number of aromatic hydroxyl groups is 1. The summed E-state index contributed by atoms with van der Waals surface area (Å²) >= 11 is 0. The van der Waals surface area contributed by atoms with Crippen LogP contribution in [0.3, 0.4) is 0 Å². The summed E-state index contributed by atoms with van der Waals surface area (Å²) in [6.45, 7) is 1.69. The van der Waals surface area contributed by atoms with E-state index in [1.54, 1.807) is 12.1 Å². The van der Waals surface area contributed by atoms with Crippen molar-refractivity contribution in [1.82, 2.24) is 5.43 Å². The number of rotatable bonds is 6. The van der Waals surface area contributed by atoms with Crippen LogP contribution in [0.4, 0.5) is 5.69 Å². The Labute approximate surface area is 137 Å². The van der Waals surface area contributed by atoms with E-state index in [9.17, 15) is 20.0 Å². The van der Waals surface area contributed by atoms with Gasteiger partial charge in [0, 0.05) is 6.07 Å². The van der Waals surface area contributed by atoms with Crippen molar-refractivity contribution in [3.05, 3.63) is 63.7 Å². The number of nitrogens with zero attached hydrogens (tertiary/aromatic N) is 2. The van der Waals surface area contributed by atoms with E-state index >= 15 is 0 Å². The average molecular weight is 329 g/mol. The molecule has 0 atom stereocenters. The molecule has 124 valence electrons. The molecular weight excluding hydrogens is 314 g/mol. The molecule has 0 unspecified atom stereocenters. The molecule has 0 saturated carbocycles. The van der Waals surface area contributed by atoms with Crippen LogP contribution >= 0.6 is 0 Å². The molecule has 0 bridgehead atoms. The van der Waals surface area contributed by atoms with Crippen LogP contribution in [-0.4, -0.2) is 28.8 Å². The smallest absolute Gasteiger partial charge is 0.278 e. The van der Waals surface area contributed by atoms with E-state index < -0.39 is 10.8 Å². The number of hydrogen-bond acceptors (Lipinski definition) is 6. The number of carbonyl (C=O) groups excluding carboxylic acids is 1. The van der Waals surface area contributed by atoms with E-state index in [1.807, 2.05) is 19.1 Å². The summed E-state index contributed by atoms with van der Waals surface area (Å²) in [5, 5.41) is 23.9. The molecule has 2 aromatic rings. The van der Waals surface area contributed by atoms with Crippen LogP contribution in [-0.2, 0) is 4.79 Å². The van der Waals surface area contributed by atoms with E-state index in [1.165, 1.54) is 12.1 Å². The van der Waals surface area contributed by atoms with Crippen LogP contribution in [0.5, 0.6) is 11.5 Å². The first-order valence-electron chi connectivity index (χ1n) is 6.94. The van der Waals surface area contributed by atoms with Crippen LogP contribution in [0.25, 0.3) is 0 Å². The van der Waals surface area contributed by atoms with Gasteiger partial charge in [0.1, 0.15) is 11.5 Å². The molecule has 2 rings (SSSR count). The van der Waals surface area contributed by atoms with Gasteiger partial charge >= 0.3 is 0 Å². The molecule has 0 saturated heterocycles. The van der Waals surface area contributed by atoms with E-state index in [0.717, 1.165) is 17.8 Å². The van der Waals surface area contributed by atoms with Gasteiger partial charge in [-0.2, -0.15) is 5.10 Å². The highest BCUT2D eigenvalue weighted by Crippen LogP contribution is 2.21. The summed E-state index contributed by atoms with van der Waals surface area (Å²) in [7, 11) is 0. The van der Waals surface area contributed by atoms with Gasteiger partial charge in [0.2, 0.25) is 0 Å². The van der Waals surface area contributed by atoms with E-state index in [2.05, 4.69) is 10.5 Å². The summed E-state index contributed by atoms with van der Waals surface area (Å²) in [6.07, 6.45) is 1.08. The van der Waals surface area contributed by atoms with Crippen molar-refractivity contribution in [3.63, 3.8) is 0 Å². The minimum Gasteiger partial charge on any atom is -0.508 e. The maximum absolute atomic E-state index is 11.6. The lowest BCUT2D eigenvalue weighted by molar-refractivity contribution is -0.385. The molecule has 0 spiro atoms. The number of hydrogen-bond donors (Lipinski definition) is 2. The van der Waals surface area contributed by atoms with Crippen molar-refractivity contribution in [2.45, 2.75) is 6.92 Å². The first kappa shape index (κ1) is 16.9. The van der Waals surface area contributed by atoms with Gasteiger partial charge in [-0.15, -0.1) is 0 Å². The number of aryl methyl sites for hydroxylation is 1. The molecule has 24 heavy (non-hydrogen) atoms. The Morgan fingerprint density at radius 2 is 2.04 bits per heavy atom. The highest BCUT2D eigenvalue weighted by Gasteiger charge is 2.12. The topological polar surface area (TPSA) is 114 Å². The number of nitro groups is 1. The number of hydrazone groups is 1. The number of phenols is 1. The summed E-state index contributed by atoms with van der Waals surface area (Å²) < 4.78 is 5.27. The molecule has 0 aliphatic carbocycles. The Balaban J connectivity index is 1.91. The van der Waals surface area contributed by atoms with Crippen LogP contribution in [0.2, 0.25) is 0 Å². The van der Waals surface area contributed by atoms with Gasteiger partial charge in [0.15, 0.2) is 6.61 Å². The van der Waals surface area contributed by atoms with Crippen molar-refractivity contribution in [3.8, 4) is 11.5 Å². The fourth-order valence-corrected chi connectivity index (χ4v) is 1.80. The maximum Gasteiger partial charge on any atom is 0.278 e. The number of nitrogens with one attached hydrogen (secondary N) is 1. The van der Waals surface area contributed by atoms with Crippen LogP contribution in [0.1, 0.15) is 11.1 Å². The third kappa shape index (κ3) is 4.80. The standard InChI is InChI=1S/C16H15N3O5/c1-11-2-5-14(6-3-11)24-10-16(21)18-17-9-12-8-13(20)4-7-15(12)19(22)23/h2-9,20H,10H2,1H3,(H,18,21). The van der Waals surface area contributed by atoms with Gasteiger partial charge < -0.3 is 9.84 Å².